The molecule has 14 heavy (non-hydrogen) atoms. The van der Waals surface area contributed by atoms with Crippen LogP contribution < -0.4 is 5.43 Å². The van der Waals surface area contributed by atoms with Crippen molar-refractivity contribution in [2.75, 3.05) is 13.7 Å². The van der Waals surface area contributed by atoms with Crippen LogP contribution in [-0.2, 0) is 11.4 Å². The van der Waals surface area contributed by atoms with E-state index in [1.807, 2.05) is 0 Å². The quantitative estimate of drug-likeness (QED) is 0.625. The van der Waals surface area contributed by atoms with Crippen LogP contribution in [0, 0.1) is 0 Å². The lowest BCUT2D eigenvalue weighted by atomic mass is 10.2. The van der Waals surface area contributed by atoms with Crippen molar-refractivity contribution >= 4 is 5.91 Å². The second-order valence-electron chi connectivity index (χ2n) is 3.03. The normalized spacial score (nSPS) is 15.5. The van der Waals surface area contributed by atoms with E-state index in [1.54, 1.807) is 10.8 Å². The first-order chi connectivity index (χ1) is 6.72. The summed E-state index contributed by atoms with van der Waals surface area (Å²) in [5.74, 6) is -0.267. The van der Waals surface area contributed by atoms with Crippen molar-refractivity contribution in [1.29, 1.82) is 0 Å². The molecule has 0 N–H and O–H groups in total. The highest BCUT2D eigenvalue weighted by Crippen LogP contribution is 2.09. The number of amides is 1. The van der Waals surface area contributed by atoms with E-state index in [9.17, 15) is 9.59 Å². The standard InChI is InChI=1S/C9H10N2O3/c1-14-11-5-4-10-3-2-7(12)6-8(10)9(11)13/h2-3,6H,4-5H2,1H3. The molecule has 1 aromatic rings. The highest BCUT2D eigenvalue weighted by Gasteiger charge is 2.23. The molecule has 0 radical (unpaired) electrons. The van der Waals surface area contributed by atoms with Gasteiger partial charge in [0.2, 0.25) is 0 Å². The van der Waals surface area contributed by atoms with Crippen LogP contribution in [0.3, 0.4) is 0 Å². The number of pyridine rings is 1. The van der Waals surface area contributed by atoms with Crippen LogP contribution in [-0.4, -0.2) is 29.2 Å². The third-order valence-corrected chi connectivity index (χ3v) is 2.22. The van der Waals surface area contributed by atoms with Crippen molar-refractivity contribution in [3.05, 3.63) is 34.2 Å². The van der Waals surface area contributed by atoms with Crippen molar-refractivity contribution in [2.45, 2.75) is 6.54 Å². The minimum atomic E-state index is -0.267. The minimum Gasteiger partial charge on any atom is -0.341 e. The predicted molar refractivity (Wildman–Crippen MR) is 48.7 cm³/mol. The van der Waals surface area contributed by atoms with Gasteiger partial charge in [-0.15, -0.1) is 0 Å². The highest BCUT2D eigenvalue weighted by molar-refractivity contribution is 5.92. The molecular formula is C9H10N2O3. The zero-order chi connectivity index (χ0) is 10.1. The van der Waals surface area contributed by atoms with Gasteiger partial charge in [-0.2, -0.15) is 0 Å². The van der Waals surface area contributed by atoms with Gasteiger partial charge in [0.05, 0.1) is 13.7 Å². The summed E-state index contributed by atoms with van der Waals surface area (Å²) in [7, 11) is 1.44. The minimum absolute atomic E-state index is 0.164. The van der Waals surface area contributed by atoms with Gasteiger partial charge in [0.1, 0.15) is 5.69 Å². The molecule has 2 heterocycles. The molecular weight excluding hydrogens is 184 g/mol. The molecule has 0 aliphatic carbocycles. The number of carbonyl (C=O) groups excluding carboxylic acids is 1. The summed E-state index contributed by atoms with van der Waals surface area (Å²) in [4.78, 5) is 27.6. The zero-order valence-electron chi connectivity index (χ0n) is 7.77. The van der Waals surface area contributed by atoms with Gasteiger partial charge in [-0.25, -0.2) is 5.06 Å². The van der Waals surface area contributed by atoms with Crippen LogP contribution in [0.5, 0.6) is 0 Å². The van der Waals surface area contributed by atoms with Crippen molar-refractivity contribution < 1.29 is 9.63 Å². The van der Waals surface area contributed by atoms with E-state index >= 15 is 0 Å². The van der Waals surface area contributed by atoms with E-state index in [2.05, 4.69) is 0 Å². The summed E-state index contributed by atoms with van der Waals surface area (Å²) in [5, 5.41) is 1.24. The molecule has 5 heteroatoms. The van der Waals surface area contributed by atoms with Crippen LogP contribution >= 0.6 is 0 Å². The average molecular weight is 194 g/mol. The molecule has 0 saturated heterocycles. The molecule has 1 aliphatic heterocycles. The number of carbonyl (C=O) groups is 1. The van der Waals surface area contributed by atoms with Gasteiger partial charge in [-0.1, -0.05) is 0 Å². The Hall–Kier alpha value is -1.62. The molecule has 5 nitrogen and oxygen atoms in total. The fourth-order valence-electron chi connectivity index (χ4n) is 1.49. The van der Waals surface area contributed by atoms with Crippen molar-refractivity contribution in [1.82, 2.24) is 9.63 Å². The van der Waals surface area contributed by atoms with Crippen LogP contribution in [0.1, 0.15) is 10.5 Å². The van der Waals surface area contributed by atoms with E-state index in [4.69, 9.17) is 4.84 Å². The fourth-order valence-corrected chi connectivity index (χ4v) is 1.49. The van der Waals surface area contributed by atoms with E-state index < -0.39 is 0 Å². The summed E-state index contributed by atoms with van der Waals surface area (Å²) in [6.07, 6.45) is 1.63. The maximum Gasteiger partial charge on any atom is 0.294 e. The molecule has 0 atom stereocenters. The second-order valence-corrected chi connectivity index (χ2v) is 3.03. The number of aromatic nitrogens is 1. The third kappa shape index (κ3) is 1.31. The molecule has 0 spiro atoms. The van der Waals surface area contributed by atoms with E-state index in [0.29, 0.717) is 18.8 Å². The Balaban J connectivity index is 2.48. The predicted octanol–water partition coefficient (Wildman–Crippen LogP) is -0.135. The molecule has 0 unspecified atom stereocenters. The third-order valence-electron chi connectivity index (χ3n) is 2.22. The molecule has 0 saturated carbocycles. The number of rotatable bonds is 1. The summed E-state index contributed by atoms with van der Waals surface area (Å²) in [6.45, 7) is 1.15. The molecule has 0 fully saturated rings. The smallest absolute Gasteiger partial charge is 0.294 e. The monoisotopic (exact) mass is 194 g/mol. The zero-order valence-corrected chi connectivity index (χ0v) is 7.77. The SMILES string of the molecule is CON1CCn2ccc(=O)cc2C1=O. The highest BCUT2D eigenvalue weighted by atomic mass is 16.7. The molecule has 1 aromatic heterocycles. The largest absolute Gasteiger partial charge is 0.341 e. The van der Waals surface area contributed by atoms with E-state index in [-0.39, 0.29) is 11.3 Å². The molecule has 0 aromatic carbocycles. The summed E-state index contributed by atoms with van der Waals surface area (Å²) >= 11 is 0. The molecule has 1 aliphatic rings. The van der Waals surface area contributed by atoms with Crippen LogP contribution in [0.15, 0.2) is 23.1 Å². The Morgan fingerprint density at radius 2 is 2.14 bits per heavy atom. The fraction of sp³-hybridized carbons (Fsp3) is 0.333. The number of hydroxylamine groups is 2. The number of hydrogen-bond acceptors (Lipinski definition) is 3. The van der Waals surface area contributed by atoms with Gasteiger partial charge in [0.15, 0.2) is 5.43 Å². The van der Waals surface area contributed by atoms with Gasteiger partial charge < -0.3 is 4.57 Å². The van der Waals surface area contributed by atoms with Crippen molar-refractivity contribution in [3.63, 3.8) is 0 Å². The Morgan fingerprint density at radius 3 is 2.86 bits per heavy atom. The Kier molecular flexibility index (Phi) is 2.09. The molecule has 2 rings (SSSR count). The number of hydrogen-bond donors (Lipinski definition) is 0. The maximum absolute atomic E-state index is 11.6. The van der Waals surface area contributed by atoms with Crippen LogP contribution in [0.4, 0.5) is 0 Å². The first kappa shape index (κ1) is 8.96. The van der Waals surface area contributed by atoms with Gasteiger partial charge in [0.25, 0.3) is 5.91 Å². The van der Waals surface area contributed by atoms with E-state index in [1.165, 1.54) is 24.3 Å². The second kappa shape index (κ2) is 3.26. The van der Waals surface area contributed by atoms with Gasteiger partial charge in [0, 0.05) is 24.9 Å². The average Bonchev–Trinajstić information content (AvgIpc) is 2.20. The topological polar surface area (TPSA) is 51.5 Å². The number of nitrogens with zero attached hydrogens (tertiary/aromatic N) is 2. The number of fused-ring (bicyclic) bond motifs is 1. The Bertz CT molecular complexity index is 424. The summed E-state index contributed by atoms with van der Waals surface area (Å²) < 4.78 is 1.75. The summed E-state index contributed by atoms with van der Waals surface area (Å²) in [6, 6.07) is 2.77. The first-order valence-electron chi connectivity index (χ1n) is 4.29. The van der Waals surface area contributed by atoms with Gasteiger partial charge in [-0.3, -0.25) is 14.4 Å². The molecule has 1 amide bonds. The lowest BCUT2D eigenvalue weighted by Crippen LogP contribution is -2.40. The van der Waals surface area contributed by atoms with Crippen molar-refractivity contribution in [3.8, 4) is 0 Å². The lowest BCUT2D eigenvalue weighted by molar-refractivity contribution is -0.102. The first-order valence-corrected chi connectivity index (χ1v) is 4.29. The Morgan fingerprint density at radius 1 is 1.36 bits per heavy atom. The maximum atomic E-state index is 11.6. The molecule has 74 valence electrons. The van der Waals surface area contributed by atoms with Gasteiger partial charge >= 0.3 is 0 Å². The Labute approximate surface area is 80.5 Å². The lowest BCUT2D eigenvalue weighted by Gasteiger charge is -2.27. The molecule has 0 bridgehead atoms. The van der Waals surface area contributed by atoms with Gasteiger partial charge in [-0.05, 0) is 0 Å². The van der Waals surface area contributed by atoms with Crippen LogP contribution in [0.2, 0.25) is 0 Å². The summed E-state index contributed by atoms with van der Waals surface area (Å²) in [5.41, 5.74) is 0.216. The van der Waals surface area contributed by atoms with Crippen LogP contribution in [0.25, 0.3) is 0 Å². The van der Waals surface area contributed by atoms with Crippen molar-refractivity contribution in [2.24, 2.45) is 0 Å². The van der Waals surface area contributed by atoms with E-state index in [0.717, 1.165) is 0 Å².